The monoisotopic (exact) mass is 212 g/mol. The number of hydrogen-bond donors (Lipinski definition) is 2. The van der Waals surface area contributed by atoms with Crippen LogP contribution in [-0.2, 0) is 0 Å². The van der Waals surface area contributed by atoms with Crippen LogP contribution in [0.25, 0.3) is 0 Å². The van der Waals surface area contributed by atoms with E-state index in [9.17, 15) is 0 Å². The largest absolute Gasteiger partial charge is 0.320 e. The first-order valence-corrected chi connectivity index (χ1v) is 6.03. The fraction of sp³-hybridized carbons (Fsp3) is 0.636. The molecule has 80 valence electrons. The zero-order valence-corrected chi connectivity index (χ0v) is 10.1. The van der Waals surface area contributed by atoms with Gasteiger partial charge < -0.3 is 10.6 Å². The number of thiophene rings is 1. The molecule has 3 heteroatoms. The van der Waals surface area contributed by atoms with Crippen molar-refractivity contribution in [2.45, 2.75) is 25.8 Å². The van der Waals surface area contributed by atoms with Gasteiger partial charge >= 0.3 is 0 Å². The van der Waals surface area contributed by atoms with E-state index < -0.39 is 0 Å². The van der Waals surface area contributed by atoms with Gasteiger partial charge in [0, 0.05) is 10.9 Å². The average molecular weight is 212 g/mol. The van der Waals surface area contributed by atoms with E-state index in [1.54, 1.807) is 0 Å². The Morgan fingerprint density at radius 1 is 1.43 bits per heavy atom. The molecule has 0 aromatic carbocycles. The van der Waals surface area contributed by atoms with Gasteiger partial charge in [0.1, 0.15) is 0 Å². The van der Waals surface area contributed by atoms with Crippen molar-refractivity contribution in [2.24, 2.45) is 0 Å². The third-order valence-electron chi connectivity index (χ3n) is 2.49. The first-order chi connectivity index (χ1) is 6.79. The van der Waals surface area contributed by atoms with E-state index in [1.165, 1.54) is 23.3 Å². The van der Waals surface area contributed by atoms with Crippen LogP contribution in [0.5, 0.6) is 0 Å². The molecule has 0 aliphatic rings. The maximum absolute atomic E-state index is 3.39. The summed E-state index contributed by atoms with van der Waals surface area (Å²) < 4.78 is 0. The van der Waals surface area contributed by atoms with Crippen molar-refractivity contribution in [3.63, 3.8) is 0 Å². The summed E-state index contributed by atoms with van der Waals surface area (Å²) >= 11 is 1.86. The highest BCUT2D eigenvalue weighted by molar-refractivity contribution is 7.10. The van der Waals surface area contributed by atoms with E-state index in [4.69, 9.17) is 0 Å². The van der Waals surface area contributed by atoms with Crippen LogP contribution in [-0.4, -0.2) is 20.6 Å². The van der Waals surface area contributed by atoms with Gasteiger partial charge in [0.25, 0.3) is 0 Å². The lowest BCUT2D eigenvalue weighted by atomic mass is 10.1. The summed E-state index contributed by atoms with van der Waals surface area (Å²) in [4.78, 5) is 1.49. The SMILES string of the molecule is CNCCCC(NC)c1sccc1C. The fourth-order valence-corrected chi connectivity index (χ4v) is 2.70. The Kier molecular flexibility index (Phi) is 5.15. The van der Waals surface area contributed by atoms with Crippen LogP contribution in [0.15, 0.2) is 11.4 Å². The van der Waals surface area contributed by atoms with Crippen molar-refractivity contribution in [3.05, 3.63) is 21.9 Å². The summed E-state index contributed by atoms with van der Waals surface area (Å²) in [5.41, 5.74) is 1.42. The zero-order chi connectivity index (χ0) is 10.4. The van der Waals surface area contributed by atoms with E-state index in [0.29, 0.717) is 6.04 Å². The molecule has 0 radical (unpaired) electrons. The van der Waals surface area contributed by atoms with Crippen molar-refractivity contribution < 1.29 is 0 Å². The molecule has 14 heavy (non-hydrogen) atoms. The molecule has 0 saturated heterocycles. The summed E-state index contributed by atoms with van der Waals surface area (Å²) in [5, 5.41) is 8.74. The molecule has 0 fully saturated rings. The Morgan fingerprint density at radius 3 is 2.71 bits per heavy atom. The molecule has 0 amide bonds. The second kappa shape index (κ2) is 6.17. The van der Waals surface area contributed by atoms with Gasteiger partial charge in [0.15, 0.2) is 0 Å². The van der Waals surface area contributed by atoms with Crippen molar-refractivity contribution in [1.29, 1.82) is 0 Å². The van der Waals surface area contributed by atoms with Gasteiger partial charge in [-0.05, 0) is 57.4 Å². The van der Waals surface area contributed by atoms with Crippen molar-refractivity contribution in [1.82, 2.24) is 10.6 Å². The van der Waals surface area contributed by atoms with Crippen LogP contribution >= 0.6 is 11.3 Å². The van der Waals surface area contributed by atoms with Gasteiger partial charge in [-0.25, -0.2) is 0 Å². The van der Waals surface area contributed by atoms with Crippen molar-refractivity contribution in [2.75, 3.05) is 20.6 Å². The normalized spacial score (nSPS) is 13.1. The lowest BCUT2D eigenvalue weighted by Crippen LogP contribution is -2.18. The Hall–Kier alpha value is -0.380. The second-order valence-electron chi connectivity index (χ2n) is 3.55. The number of hydrogen-bond acceptors (Lipinski definition) is 3. The minimum Gasteiger partial charge on any atom is -0.320 e. The molecular formula is C11H20N2S. The van der Waals surface area contributed by atoms with Crippen molar-refractivity contribution in [3.8, 4) is 0 Å². The minimum absolute atomic E-state index is 0.531. The van der Waals surface area contributed by atoms with Gasteiger partial charge in [0.05, 0.1) is 0 Å². The molecule has 0 spiro atoms. The van der Waals surface area contributed by atoms with E-state index in [1.807, 2.05) is 25.4 Å². The summed E-state index contributed by atoms with van der Waals surface area (Å²) in [6.07, 6.45) is 2.43. The average Bonchev–Trinajstić information content (AvgIpc) is 2.60. The Bertz CT molecular complexity index is 258. The first-order valence-electron chi connectivity index (χ1n) is 5.15. The van der Waals surface area contributed by atoms with Gasteiger partial charge in [-0.2, -0.15) is 0 Å². The lowest BCUT2D eigenvalue weighted by Gasteiger charge is -2.15. The highest BCUT2D eigenvalue weighted by atomic mass is 32.1. The fourth-order valence-electron chi connectivity index (χ4n) is 1.63. The number of nitrogens with one attached hydrogen (secondary N) is 2. The standard InChI is InChI=1S/C11H20N2S/c1-9-6-8-14-11(9)10(13-3)5-4-7-12-2/h6,8,10,12-13H,4-5,7H2,1-3H3. The molecule has 0 aliphatic carbocycles. The van der Waals surface area contributed by atoms with Crippen LogP contribution in [0.3, 0.4) is 0 Å². The molecule has 0 aliphatic heterocycles. The van der Waals surface area contributed by atoms with Crippen LogP contribution in [0.2, 0.25) is 0 Å². The lowest BCUT2D eigenvalue weighted by molar-refractivity contribution is 0.524. The summed E-state index contributed by atoms with van der Waals surface area (Å²) in [6.45, 7) is 3.29. The maximum Gasteiger partial charge on any atom is 0.0415 e. The summed E-state index contributed by atoms with van der Waals surface area (Å²) in [6, 6.07) is 2.73. The highest BCUT2D eigenvalue weighted by Crippen LogP contribution is 2.26. The van der Waals surface area contributed by atoms with Gasteiger partial charge in [-0.1, -0.05) is 0 Å². The third kappa shape index (κ3) is 3.08. The zero-order valence-electron chi connectivity index (χ0n) is 9.26. The Labute approximate surface area is 90.7 Å². The van der Waals surface area contributed by atoms with Gasteiger partial charge in [-0.3, -0.25) is 0 Å². The van der Waals surface area contributed by atoms with Crippen LogP contribution in [0.1, 0.15) is 29.3 Å². The molecular weight excluding hydrogens is 192 g/mol. The first kappa shape index (κ1) is 11.7. The molecule has 1 unspecified atom stereocenters. The van der Waals surface area contributed by atoms with Gasteiger partial charge in [-0.15, -0.1) is 11.3 Å². The van der Waals surface area contributed by atoms with Gasteiger partial charge in [0.2, 0.25) is 0 Å². The van der Waals surface area contributed by atoms with E-state index in [-0.39, 0.29) is 0 Å². The Balaban J connectivity index is 2.50. The molecule has 0 saturated carbocycles. The quantitative estimate of drug-likeness (QED) is 0.707. The Morgan fingerprint density at radius 2 is 2.21 bits per heavy atom. The number of aryl methyl sites for hydroxylation is 1. The predicted octanol–water partition coefficient (Wildman–Crippen LogP) is 2.32. The molecule has 1 rings (SSSR count). The summed E-state index contributed by atoms with van der Waals surface area (Å²) in [7, 11) is 4.05. The van der Waals surface area contributed by atoms with Crippen LogP contribution in [0, 0.1) is 6.92 Å². The topological polar surface area (TPSA) is 24.1 Å². The molecule has 1 aromatic rings. The molecule has 2 N–H and O–H groups in total. The third-order valence-corrected chi connectivity index (χ3v) is 3.62. The number of rotatable bonds is 6. The molecule has 1 atom stereocenters. The van der Waals surface area contributed by atoms with E-state index >= 15 is 0 Å². The van der Waals surface area contributed by atoms with Crippen LogP contribution < -0.4 is 10.6 Å². The van der Waals surface area contributed by atoms with Crippen molar-refractivity contribution >= 4 is 11.3 Å². The highest BCUT2D eigenvalue weighted by Gasteiger charge is 2.11. The minimum atomic E-state index is 0.531. The molecule has 1 aromatic heterocycles. The van der Waals surface area contributed by atoms with E-state index in [0.717, 1.165) is 6.54 Å². The molecule has 2 nitrogen and oxygen atoms in total. The van der Waals surface area contributed by atoms with E-state index in [2.05, 4.69) is 29.0 Å². The summed E-state index contributed by atoms with van der Waals surface area (Å²) in [5.74, 6) is 0. The maximum atomic E-state index is 3.39. The smallest absolute Gasteiger partial charge is 0.0415 e. The molecule has 0 bridgehead atoms. The second-order valence-corrected chi connectivity index (χ2v) is 4.50. The van der Waals surface area contributed by atoms with Crippen LogP contribution in [0.4, 0.5) is 0 Å². The predicted molar refractivity (Wildman–Crippen MR) is 64.0 cm³/mol. The molecule has 1 heterocycles.